The molecule has 0 fully saturated rings. The van der Waals surface area contributed by atoms with Gasteiger partial charge in [-0.2, -0.15) is 5.10 Å². The molecule has 0 saturated carbocycles. The van der Waals surface area contributed by atoms with Crippen molar-refractivity contribution in [1.82, 2.24) is 5.43 Å². The van der Waals surface area contributed by atoms with Gasteiger partial charge in [0.2, 0.25) is 0 Å². The first-order chi connectivity index (χ1) is 9.63. The molecule has 0 radical (unpaired) electrons. The SMILES string of the molecule is Cc1ccc(NC(=S)NN=Cc2ccc(O)cc2)cc1. The number of hydrogen-bond acceptors (Lipinski definition) is 3. The van der Waals surface area contributed by atoms with Crippen LogP contribution >= 0.6 is 12.2 Å². The number of hydrogen-bond donors (Lipinski definition) is 3. The van der Waals surface area contributed by atoms with Gasteiger partial charge in [0.15, 0.2) is 5.11 Å². The van der Waals surface area contributed by atoms with Crippen LogP contribution in [-0.4, -0.2) is 16.4 Å². The number of phenols is 1. The number of thiocarbonyl (C=S) groups is 1. The molecular weight excluding hydrogens is 270 g/mol. The van der Waals surface area contributed by atoms with Gasteiger partial charge in [-0.25, -0.2) is 0 Å². The van der Waals surface area contributed by atoms with Gasteiger partial charge in [-0.15, -0.1) is 0 Å². The predicted octanol–water partition coefficient (Wildman–Crippen LogP) is 3.02. The molecule has 0 saturated heterocycles. The second-order valence-corrected chi connectivity index (χ2v) is 4.69. The molecule has 2 rings (SSSR count). The highest BCUT2D eigenvalue weighted by Crippen LogP contribution is 2.09. The maximum absolute atomic E-state index is 9.16. The van der Waals surface area contributed by atoms with Crippen LogP contribution < -0.4 is 10.7 Å². The Labute approximate surface area is 123 Å². The fourth-order valence-electron chi connectivity index (χ4n) is 1.52. The van der Waals surface area contributed by atoms with E-state index in [1.165, 1.54) is 5.56 Å². The van der Waals surface area contributed by atoms with Crippen LogP contribution in [0.3, 0.4) is 0 Å². The first-order valence-electron chi connectivity index (χ1n) is 6.09. The average Bonchev–Trinajstić information content (AvgIpc) is 2.44. The van der Waals surface area contributed by atoms with Gasteiger partial charge in [0.1, 0.15) is 5.75 Å². The quantitative estimate of drug-likeness (QED) is 0.461. The van der Waals surface area contributed by atoms with Crippen LogP contribution in [0.1, 0.15) is 11.1 Å². The molecule has 0 aliphatic carbocycles. The van der Waals surface area contributed by atoms with E-state index < -0.39 is 0 Å². The number of anilines is 1. The third kappa shape index (κ3) is 4.37. The fraction of sp³-hybridized carbons (Fsp3) is 0.0667. The number of benzene rings is 2. The van der Waals surface area contributed by atoms with Gasteiger partial charge in [-0.05, 0) is 61.1 Å². The second kappa shape index (κ2) is 6.68. The molecule has 0 aliphatic heterocycles. The lowest BCUT2D eigenvalue weighted by atomic mass is 10.2. The van der Waals surface area contributed by atoms with Gasteiger partial charge < -0.3 is 10.4 Å². The standard InChI is InChI=1S/C15H15N3OS/c1-11-2-6-13(7-3-11)17-15(20)18-16-10-12-4-8-14(19)9-5-12/h2-10,19H,1H3,(H2,17,18,20). The molecule has 4 nitrogen and oxygen atoms in total. The molecule has 0 spiro atoms. The summed E-state index contributed by atoms with van der Waals surface area (Å²) in [5.74, 6) is 0.228. The Morgan fingerprint density at radius 3 is 2.40 bits per heavy atom. The number of rotatable bonds is 3. The van der Waals surface area contributed by atoms with Gasteiger partial charge in [0.25, 0.3) is 0 Å². The summed E-state index contributed by atoms with van der Waals surface area (Å²) in [5.41, 5.74) is 5.71. The van der Waals surface area contributed by atoms with Crippen molar-refractivity contribution in [3.8, 4) is 5.75 Å². The van der Waals surface area contributed by atoms with Gasteiger partial charge in [-0.1, -0.05) is 17.7 Å². The van der Waals surface area contributed by atoms with E-state index in [2.05, 4.69) is 15.8 Å². The first-order valence-corrected chi connectivity index (χ1v) is 6.50. The Bertz CT molecular complexity index is 606. The summed E-state index contributed by atoms with van der Waals surface area (Å²) < 4.78 is 0. The van der Waals surface area contributed by atoms with Crippen molar-refractivity contribution in [1.29, 1.82) is 0 Å². The van der Waals surface area contributed by atoms with E-state index in [0.29, 0.717) is 5.11 Å². The molecule has 0 unspecified atom stereocenters. The molecule has 0 heterocycles. The Kier molecular flexibility index (Phi) is 4.68. The van der Waals surface area contributed by atoms with E-state index in [0.717, 1.165) is 11.3 Å². The second-order valence-electron chi connectivity index (χ2n) is 4.28. The minimum atomic E-state index is 0.228. The summed E-state index contributed by atoms with van der Waals surface area (Å²) in [7, 11) is 0. The predicted molar refractivity (Wildman–Crippen MR) is 86.2 cm³/mol. The zero-order valence-electron chi connectivity index (χ0n) is 11.0. The minimum Gasteiger partial charge on any atom is -0.508 e. The lowest BCUT2D eigenvalue weighted by Crippen LogP contribution is -2.23. The minimum absolute atomic E-state index is 0.228. The van der Waals surface area contributed by atoms with Crippen LogP contribution in [0.5, 0.6) is 5.75 Å². The van der Waals surface area contributed by atoms with Gasteiger partial charge >= 0.3 is 0 Å². The number of aryl methyl sites for hydroxylation is 1. The molecule has 5 heteroatoms. The molecule has 0 aromatic heterocycles. The number of hydrazone groups is 1. The molecule has 0 amide bonds. The number of nitrogens with one attached hydrogen (secondary N) is 2. The number of aromatic hydroxyl groups is 1. The summed E-state index contributed by atoms with van der Waals surface area (Å²) in [5, 5.41) is 16.6. The molecular formula is C15H15N3OS. The fourth-order valence-corrected chi connectivity index (χ4v) is 1.69. The molecule has 0 aliphatic rings. The lowest BCUT2D eigenvalue weighted by Gasteiger charge is -2.06. The summed E-state index contributed by atoms with van der Waals surface area (Å²) >= 11 is 5.13. The van der Waals surface area contributed by atoms with Crippen LogP contribution in [0.4, 0.5) is 5.69 Å². The Morgan fingerprint density at radius 2 is 1.75 bits per heavy atom. The summed E-state index contributed by atoms with van der Waals surface area (Å²) in [6, 6.07) is 14.6. The van der Waals surface area contributed by atoms with Crippen molar-refractivity contribution in [3.63, 3.8) is 0 Å². The van der Waals surface area contributed by atoms with Crippen molar-refractivity contribution >= 4 is 29.2 Å². The maximum Gasteiger partial charge on any atom is 0.191 e. The summed E-state index contributed by atoms with van der Waals surface area (Å²) in [6.45, 7) is 2.03. The van der Waals surface area contributed by atoms with Crippen molar-refractivity contribution in [2.24, 2.45) is 5.10 Å². The Hall–Kier alpha value is -2.40. The molecule has 2 aromatic carbocycles. The van der Waals surface area contributed by atoms with Crippen LogP contribution in [0.15, 0.2) is 53.6 Å². The van der Waals surface area contributed by atoms with Crippen LogP contribution in [-0.2, 0) is 0 Å². The normalized spacial score (nSPS) is 10.4. The first kappa shape index (κ1) is 14.0. The summed E-state index contributed by atoms with van der Waals surface area (Å²) in [6.07, 6.45) is 1.63. The van der Waals surface area contributed by atoms with Crippen LogP contribution in [0, 0.1) is 6.92 Å². The molecule has 2 aromatic rings. The van der Waals surface area contributed by atoms with Gasteiger partial charge in [-0.3, -0.25) is 5.43 Å². The van der Waals surface area contributed by atoms with E-state index in [-0.39, 0.29) is 5.75 Å². The van der Waals surface area contributed by atoms with Crippen LogP contribution in [0.25, 0.3) is 0 Å². The molecule has 20 heavy (non-hydrogen) atoms. The van der Waals surface area contributed by atoms with E-state index in [1.54, 1.807) is 30.5 Å². The molecule has 0 atom stereocenters. The number of nitrogens with zero attached hydrogens (tertiary/aromatic N) is 1. The highest BCUT2D eigenvalue weighted by Gasteiger charge is 1.95. The largest absolute Gasteiger partial charge is 0.508 e. The number of phenolic OH excluding ortho intramolecular Hbond substituents is 1. The van der Waals surface area contributed by atoms with Crippen molar-refractivity contribution < 1.29 is 5.11 Å². The van der Waals surface area contributed by atoms with Crippen molar-refractivity contribution in [2.75, 3.05) is 5.32 Å². The summed E-state index contributed by atoms with van der Waals surface area (Å²) in [4.78, 5) is 0. The van der Waals surface area contributed by atoms with Crippen LogP contribution in [0.2, 0.25) is 0 Å². The third-order valence-electron chi connectivity index (χ3n) is 2.58. The third-order valence-corrected chi connectivity index (χ3v) is 2.78. The average molecular weight is 285 g/mol. The molecule has 102 valence electrons. The monoisotopic (exact) mass is 285 g/mol. The molecule has 3 N–H and O–H groups in total. The topological polar surface area (TPSA) is 56.7 Å². The zero-order valence-corrected chi connectivity index (χ0v) is 11.8. The lowest BCUT2D eigenvalue weighted by molar-refractivity contribution is 0.475. The Balaban J connectivity index is 1.85. The van der Waals surface area contributed by atoms with Gasteiger partial charge in [0.05, 0.1) is 6.21 Å². The van der Waals surface area contributed by atoms with Crippen molar-refractivity contribution in [3.05, 3.63) is 59.7 Å². The highest BCUT2D eigenvalue weighted by atomic mass is 32.1. The smallest absolute Gasteiger partial charge is 0.191 e. The van der Waals surface area contributed by atoms with E-state index >= 15 is 0 Å². The Morgan fingerprint density at radius 1 is 1.10 bits per heavy atom. The van der Waals surface area contributed by atoms with E-state index in [1.807, 2.05) is 31.2 Å². The highest BCUT2D eigenvalue weighted by molar-refractivity contribution is 7.80. The van der Waals surface area contributed by atoms with E-state index in [4.69, 9.17) is 17.3 Å². The zero-order chi connectivity index (χ0) is 14.4. The van der Waals surface area contributed by atoms with Gasteiger partial charge in [0, 0.05) is 5.69 Å². The maximum atomic E-state index is 9.16. The van der Waals surface area contributed by atoms with Crippen molar-refractivity contribution in [2.45, 2.75) is 6.92 Å². The van der Waals surface area contributed by atoms with E-state index in [9.17, 15) is 0 Å². The molecule has 0 bridgehead atoms.